The number of sulfonamides is 1. The lowest BCUT2D eigenvalue weighted by atomic mass is 10.1. The topological polar surface area (TPSA) is 96.0 Å². The number of nitrogens with one attached hydrogen (secondary N) is 1. The Morgan fingerprint density at radius 1 is 0.950 bits per heavy atom. The Morgan fingerprint density at radius 2 is 1.62 bits per heavy atom. The number of ether oxygens (including phenoxy) is 1. The zero-order valence-electron chi connectivity index (χ0n) is 23.8. The van der Waals surface area contributed by atoms with Gasteiger partial charge in [0, 0.05) is 19.2 Å². The summed E-state index contributed by atoms with van der Waals surface area (Å²) in [7, 11) is -2.65. The second kappa shape index (κ2) is 14.0. The van der Waals surface area contributed by atoms with Crippen molar-refractivity contribution in [1.29, 1.82) is 0 Å². The van der Waals surface area contributed by atoms with Gasteiger partial charge in [-0.25, -0.2) is 8.42 Å². The Labute approximate surface area is 238 Å². The highest BCUT2D eigenvalue weighted by Gasteiger charge is 2.33. The molecule has 8 nitrogen and oxygen atoms in total. The SMILES string of the molecule is CCC(C(=O)NCC(C)C)N(Cc1ccccc1)C(=O)CN(c1cccc(OC)c1)S(=O)(=O)c1ccc(C)cc1. The first-order valence-electron chi connectivity index (χ1n) is 13.4. The van der Waals surface area contributed by atoms with E-state index in [1.54, 1.807) is 36.4 Å². The molecule has 0 saturated carbocycles. The largest absolute Gasteiger partial charge is 0.497 e. The molecule has 9 heteroatoms. The minimum atomic E-state index is -4.14. The van der Waals surface area contributed by atoms with Crippen molar-refractivity contribution in [2.45, 2.75) is 51.6 Å². The fraction of sp³-hybridized carbons (Fsp3) is 0.355. The average molecular weight is 566 g/mol. The fourth-order valence-electron chi connectivity index (χ4n) is 4.25. The third kappa shape index (κ3) is 7.85. The zero-order chi connectivity index (χ0) is 29.3. The van der Waals surface area contributed by atoms with Gasteiger partial charge in [-0.1, -0.05) is 74.9 Å². The number of methoxy groups -OCH3 is 1. The number of rotatable bonds is 13. The molecular weight excluding hydrogens is 526 g/mol. The van der Waals surface area contributed by atoms with Gasteiger partial charge in [0.05, 0.1) is 17.7 Å². The first-order chi connectivity index (χ1) is 19.1. The van der Waals surface area contributed by atoms with Crippen LogP contribution in [-0.4, -0.2) is 51.4 Å². The summed E-state index contributed by atoms with van der Waals surface area (Å²) in [6, 6.07) is 21.6. The summed E-state index contributed by atoms with van der Waals surface area (Å²) in [4.78, 5) is 28.9. The van der Waals surface area contributed by atoms with Gasteiger partial charge in [-0.05, 0) is 49.1 Å². The van der Waals surface area contributed by atoms with Crippen LogP contribution in [0, 0.1) is 12.8 Å². The van der Waals surface area contributed by atoms with Crippen molar-refractivity contribution >= 4 is 27.5 Å². The third-order valence-corrected chi connectivity index (χ3v) is 8.28. The van der Waals surface area contributed by atoms with Crippen LogP contribution < -0.4 is 14.4 Å². The van der Waals surface area contributed by atoms with E-state index in [0.717, 1.165) is 15.4 Å². The highest BCUT2D eigenvalue weighted by atomic mass is 32.2. The first kappa shape index (κ1) is 30.7. The van der Waals surface area contributed by atoms with E-state index in [2.05, 4.69) is 5.32 Å². The second-order valence-electron chi connectivity index (χ2n) is 10.1. The summed E-state index contributed by atoms with van der Waals surface area (Å²) in [5.41, 5.74) is 2.03. The lowest BCUT2D eigenvalue weighted by molar-refractivity contribution is -0.140. The van der Waals surface area contributed by atoms with E-state index < -0.39 is 28.5 Å². The average Bonchev–Trinajstić information content (AvgIpc) is 2.95. The summed E-state index contributed by atoms with van der Waals surface area (Å²) in [6.07, 6.45) is 0.367. The molecule has 1 N–H and O–H groups in total. The van der Waals surface area contributed by atoms with Crippen LogP contribution in [0.25, 0.3) is 0 Å². The van der Waals surface area contributed by atoms with Crippen LogP contribution in [0.3, 0.4) is 0 Å². The van der Waals surface area contributed by atoms with Crippen LogP contribution in [0.5, 0.6) is 5.75 Å². The van der Waals surface area contributed by atoms with E-state index in [1.165, 1.54) is 24.1 Å². The van der Waals surface area contributed by atoms with Crippen LogP contribution in [0.4, 0.5) is 5.69 Å². The van der Waals surface area contributed by atoms with Crippen molar-refractivity contribution in [2.24, 2.45) is 5.92 Å². The molecule has 40 heavy (non-hydrogen) atoms. The molecule has 214 valence electrons. The van der Waals surface area contributed by atoms with Gasteiger partial charge < -0.3 is 15.0 Å². The van der Waals surface area contributed by atoms with Crippen molar-refractivity contribution in [3.8, 4) is 5.75 Å². The number of anilines is 1. The Balaban J connectivity index is 2.05. The molecule has 1 unspecified atom stereocenters. The third-order valence-electron chi connectivity index (χ3n) is 6.50. The normalized spacial score (nSPS) is 12.1. The Kier molecular flexibility index (Phi) is 10.7. The Morgan fingerprint density at radius 3 is 2.23 bits per heavy atom. The van der Waals surface area contributed by atoms with E-state index in [4.69, 9.17) is 4.74 Å². The van der Waals surface area contributed by atoms with Gasteiger partial charge in [0.1, 0.15) is 18.3 Å². The molecule has 3 aromatic rings. The van der Waals surface area contributed by atoms with E-state index >= 15 is 0 Å². The number of nitrogens with zero attached hydrogens (tertiary/aromatic N) is 2. The molecule has 1 atom stereocenters. The molecule has 0 spiro atoms. The number of carbonyl (C=O) groups is 2. The molecule has 0 heterocycles. The maximum Gasteiger partial charge on any atom is 0.264 e. The lowest BCUT2D eigenvalue weighted by Gasteiger charge is -2.33. The van der Waals surface area contributed by atoms with Crippen molar-refractivity contribution < 1.29 is 22.7 Å². The fourth-order valence-corrected chi connectivity index (χ4v) is 5.66. The van der Waals surface area contributed by atoms with Crippen LogP contribution >= 0.6 is 0 Å². The number of hydrogen-bond acceptors (Lipinski definition) is 5. The van der Waals surface area contributed by atoms with Gasteiger partial charge in [0.25, 0.3) is 10.0 Å². The van der Waals surface area contributed by atoms with Crippen molar-refractivity contribution in [1.82, 2.24) is 10.2 Å². The Hall–Kier alpha value is -3.85. The van der Waals surface area contributed by atoms with Crippen LogP contribution in [0.1, 0.15) is 38.3 Å². The molecule has 0 radical (unpaired) electrons. The molecule has 3 rings (SSSR count). The molecule has 0 bridgehead atoms. The van der Waals surface area contributed by atoms with Crippen molar-refractivity contribution in [3.63, 3.8) is 0 Å². The second-order valence-corrected chi connectivity index (χ2v) is 12.0. The monoisotopic (exact) mass is 565 g/mol. The smallest absolute Gasteiger partial charge is 0.264 e. The summed E-state index contributed by atoms with van der Waals surface area (Å²) >= 11 is 0. The van der Waals surface area contributed by atoms with E-state index in [-0.39, 0.29) is 29.0 Å². The van der Waals surface area contributed by atoms with Crippen LogP contribution in [0.2, 0.25) is 0 Å². The van der Waals surface area contributed by atoms with Gasteiger partial charge >= 0.3 is 0 Å². The molecule has 0 aliphatic carbocycles. The zero-order valence-corrected chi connectivity index (χ0v) is 24.6. The number of hydrogen-bond donors (Lipinski definition) is 1. The summed E-state index contributed by atoms with van der Waals surface area (Å²) in [5.74, 6) is -0.0682. The van der Waals surface area contributed by atoms with Gasteiger partial charge in [0.15, 0.2) is 0 Å². The van der Waals surface area contributed by atoms with E-state index in [9.17, 15) is 18.0 Å². The number of amides is 2. The maximum atomic E-state index is 14.1. The molecule has 2 amide bonds. The molecule has 0 aliphatic heterocycles. The van der Waals surface area contributed by atoms with Gasteiger partial charge in [-0.3, -0.25) is 13.9 Å². The van der Waals surface area contributed by atoms with Gasteiger partial charge in [-0.2, -0.15) is 0 Å². The van der Waals surface area contributed by atoms with E-state index in [1.807, 2.05) is 58.0 Å². The van der Waals surface area contributed by atoms with Gasteiger partial charge in [0.2, 0.25) is 11.8 Å². The molecular formula is C31H39N3O5S. The van der Waals surface area contributed by atoms with Crippen LogP contribution in [-0.2, 0) is 26.2 Å². The number of benzene rings is 3. The number of carbonyl (C=O) groups excluding carboxylic acids is 2. The van der Waals surface area contributed by atoms with Crippen molar-refractivity contribution in [3.05, 3.63) is 90.0 Å². The molecule has 0 aliphatic rings. The highest BCUT2D eigenvalue weighted by molar-refractivity contribution is 7.92. The number of aryl methyl sites for hydroxylation is 1. The lowest BCUT2D eigenvalue weighted by Crippen LogP contribution is -2.52. The minimum absolute atomic E-state index is 0.0602. The first-order valence-corrected chi connectivity index (χ1v) is 14.8. The quantitative estimate of drug-likeness (QED) is 0.322. The predicted octanol–water partition coefficient (Wildman–Crippen LogP) is 4.78. The summed E-state index contributed by atoms with van der Waals surface area (Å²) in [6.45, 7) is 7.84. The maximum absolute atomic E-state index is 14.1. The predicted molar refractivity (Wildman–Crippen MR) is 158 cm³/mol. The van der Waals surface area contributed by atoms with Crippen LogP contribution in [0.15, 0.2) is 83.8 Å². The molecule has 0 aromatic heterocycles. The molecule has 3 aromatic carbocycles. The molecule has 0 saturated heterocycles. The minimum Gasteiger partial charge on any atom is -0.497 e. The highest BCUT2D eigenvalue weighted by Crippen LogP contribution is 2.28. The van der Waals surface area contributed by atoms with Gasteiger partial charge in [-0.15, -0.1) is 0 Å². The molecule has 0 fully saturated rings. The summed E-state index contributed by atoms with van der Waals surface area (Å²) in [5, 5.41) is 2.93. The van der Waals surface area contributed by atoms with E-state index in [0.29, 0.717) is 18.7 Å². The van der Waals surface area contributed by atoms with Crippen molar-refractivity contribution in [2.75, 3.05) is 24.5 Å². The standard InChI is InChI=1S/C31H39N3O5S/c1-6-29(31(36)32-20-23(2)3)33(21-25-11-8-7-9-12-25)30(35)22-34(26-13-10-14-27(19-26)39-5)40(37,38)28-17-15-24(4)16-18-28/h7-19,23,29H,6,20-22H2,1-5H3,(H,32,36). The summed E-state index contributed by atoms with van der Waals surface area (Å²) < 4.78 is 34.3. The Bertz CT molecular complexity index is 1380.